The highest BCUT2D eigenvalue weighted by Gasteiger charge is 2.25. The van der Waals surface area contributed by atoms with Crippen LogP contribution in [0.3, 0.4) is 0 Å². The summed E-state index contributed by atoms with van der Waals surface area (Å²) in [5, 5.41) is 13.9. The van der Waals surface area contributed by atoms with Crippen LogP contribution in [0.5, 0.6) is 0 Å². The number of carboxylic acid groups (broad SMARTS) is 1. The number of alkyl carbamates (subject to hydrolysis) is 1. The molecule has 1 fully saturated rings. The van der Waals surface area contributed by atoms with Crippen LogP contribution in [0, 0.1) is 0 Å². The standard InChI is InChI=1S/C12H22N2O4/c1-12(2,3)18-11(17)14-9-6-4-8(5-7-9)13-10(15)16/h8-9,13H,4-7H2,1-3H3,(H,14,17)(H,15,16)/t8-,9-. The van der Waals surface area contributed by atoms with Gasteiger partial charge in [-0.3, -0.25) is 0 Å². The molecule has 2 amide bonds. The number of carbonyl (C=O) groups is 2. The van der Waals surface area contributed by atoms with Crippen molar-refractivity contribution in [2.24, 2.45) is 0 Å². The van der Waals surface area contributed by atoms with Crippen molar-refractivity contribution < 1.29 is 19.4 Å². The molecule has 18 heavy (non-hydrogen) atoms. The monoisotopic (exact) mass is 258 g/mol. The van der Waals surface area contributed by atoms with Crippen molar-refractivity contribution in [1.82, 2.24) is 10.6 Å². The second kappa shape index (κ2) is 5.93. The van der Waals surface area contributed by atoms with Crippen LogP contribution in [0.15, 0.2) is 0 Å². The van der Waals surface area contributed by atoms with Crippen LogP contribution in [-0.2, 0) is 4.74 Å². The lowest BCUT2D eigenvalue weighted by Crippen LogP contribution is -2.44. The first-order valence-corrected chi connectivity index (χ1v) is 6.25. The van der Waals surface area contributed by atoms with Gasteiger partial charge in [0, 0.05) is 12.1 Å². The number of ether oxygens (including phenoxy) is 1. The average molecular weight is 258 g/mol. The molecule has 0 saturated heterocycles. The Labute approximate surface area is 107 Å². The predicted molar refractivity (Wildman–Crippen MR) is 66.6 cm³/mol. The van der Waals surface area contributed by atoms with Gasteiger partial charge in [-0.2, -0.15) is 0 Å². The van der Waals surface area contributed by atoms with E-state index >= 15 is 0 Å². The zero-order valence-electron chi connectivity index (χ0n) is 11.2. The molecule has 0 aliphatic heterocycles. The fourth-order valence-corrected chi connectivity index (χ4v) is 2.03. The molecule has 6 nitrogen and oxygen atoms in total. The molecule has 0 aromatic carbocycles. The van der Waals surface area contributed by atoms with E-state index in [-0.39, 0.29) is 12.1 Å². The first kappa shape index (κ1) is 14.6. The van der Waals surface area contributed by atoms with Crippen LogP contribution in [0.25, 0.3) is 0 Å². The van der Waals surface area contributed by atoms with Gasteiger partial charge in [0.15, 0.2) is 0 Å². The smallest absolute Gasteiger partial charge is 0.407 e. The van der Waals surface area contributed by atoms with Crippen LogP contribution in [-0.4, -0.2) is 35.0 Å². The maximum absolute atomic E-state index is 11.5. The highest BCUT2D eigenvalue weighted by atomic mass is 16.6. The minimum atomic E-state index is -0.987. The van der Waals surface area contributed by atoms with Gasteiger partial charge in [-0.25, -0.2) is 9.59 Å². The van der Waals surface area contributed by atoms with E-state index in [9.17, 15) is 9.59 Å². The summed E-state index contributed by atoms with van der Waals surface area (Å²) in [5.41, 5.74) is -0.494. The molecule has 6 heteroatoms. The van der Waals surface area contributed by atoms with Crippen molar-refractivity contribution in [2.45, 2.75) is 64.1 Å². The van der Waals surface area contributed by atoms with Crippen LogP contribution in [0.4, 0.5) is 9.59 Å². The van der Waals surface area contributed by atoms with Crippen molar-refractivity contribution in [1.29, 1.82) is 0 Å². The van der Waals surface area contributed by atoms with Gasteiger partial charge in [0.1, 0.15) is 5.60 Å². The van der Waals surface area contributed by atoms with Crippen LogP contribution in [0.2, 0.25) is 0 Å². The second-order valence-electron chi connectivity index (χ2n) is 5.64. The Balaban J connectivity index is 2.27. The number of carbonyl (C=O) groups excluding carboxylic acids is 1. The van der Waals surface area contributed by atoms with E-state index < -0.39 is 17.8 Å². The van der Waals surface area contributed by atoms with Crippen molar-refractivity contribution in [3.63, 3.8) is 0 Å². The van der Waals surface area contributed by atoms with E-state index in [1.807, 2.05) is 20.8 Å². The van der Waals surface area contributed by atoms with E-state index in [0.717, 1.165) is 25.7 Å². The number of hydrogen-bond donors (Lipinski definition) is 3. The quantitative estimate of drug-likeness (QED) is 0.707. The van der Waals surface area contributed by atoms with E-state index in [0.29, 0.717) is 0 Å². The molecule has 1 aliphatic rings. The molecule has 0 bridgehead atoms. The SMILES string of the molecule is CC(C)(C)OC(=O)N[C@H]1CC[C@H](NC(=O)O)CC1. The largest absolute Gasteiger partial charge is 0.465 e. The molecule has 0 heterocycles. The van der Waals surface area contributed by atoms with Crippen molar-refractivity contribution in [3.05, 3.63) is 0 Å². The van der Waals surface area contributed by atoms with Gasteiger partial charge in [-0.15, -0.1) is 0 Å². The Hall–Kier alpha value is -1.46. The third kappa shape index (κ3) is 5.75. The summed E-state index contributed by atoms with van der Waals surface area (Å²) in [6, 6.07) is 0.0749. The van der Waals surface area contributed by atoms with Gasteiger partial charge in [0.25, 0.3) is 0 Å². The topological polar surface area (TPSA) is 87.7 Å². The van der Waals surface area contributed by atoms with Gasteiger partial charge in [-0.05, 0) is 46.5 Å². The Kier molecular flexibility index (Phi) is 4.81. The molecular weight excluding hydrogens is 236 g/mol. The third-order valence-electron chi connectivity index (χ3n) is 2.78. The number of rotatable bonds is 2. The number of amides is 2. The molecule has 0 unspecified atom stereocenters. The summed E-state index contributed by atoms with van der Waals surface area (Å²) in [4.78, 5) is 22.0. The molecule has 0 aromatic rings. The highest BCUT2D eigenvalue weighted by molar-refractivity contribution is 5.68. The Morgan fingerprint density at radius 2 is 1.50 bits per heavy atom. The maximum Gasteiger partial charge on any atom is 0.407 e. The summed E-state index contributed by atoms with van der Waals surface area (Å²) < 4.78 is 5.17. The van der Waals surface area contributed by atoms with Crippen molar-refractivity contribution >= 4 is 12.2 Å². The first-order chi connectivity index (χ1) is 8.26. The average Bonchev–Trinajstić information content (AvgIpc) is 2.17. The number of nitrogens with one attached hydrogen (secondary N) is 2. The van der Waals surface area contributed by atoms with E-state index in [1.165, 1.54) is 0 Å². The molecule has 0 aromatic heterocycles. The van der Waals surface area contributed by atoms with Gasteiger partial charge in [-0.1, -0.05) is 0 Å². The van der Waals surface area contributed by atoms with E-state index in [1.54, 1.807) is 0 Å². The summed E-state index contributed by atoms with van der Waals surface area (Å²) in [5.74, 6) is 0. The molecule has 1 saturated carbocycles. The van der Waals surface area contributed by atoms with Gasteiger partial charge >= 0.3 is 12.2 Å². The Bertz CT molecular complexity index is 304. The third-order valence-corrected chi connectivity index (χ3v) is 2.78. The molecular formula is C12H22N2O4. The molecule has 0 atom stereocenters. The molecule has 104 valence electrons. The van der Waals surface area contributed by atoms with E-state index in [2.05, 4.69) is 10.6 Å². The zero-order valence-corrected chi connectivity index (χ0v) is 11.2. The Morgan fingerprint density at radius 3 is 1.89 bits per heavy atom. The van der Waals surface area contributed by atoms with Crippen molar-refractivity contribution in [3.8, 4) is 0 Å². The summed E-state index contributed by atoms with van der Waals surface area (Å²) in [7, 11) is 0. The van der Waals surface area contributed by atoms with Gasteiger partial charge in [0.2, 0.25) is 0 Å². The summed E-state index contributed by atoms with van der Waals surface area (Å²) in [6.45, 7) is 5.46. The van der Waals surface area contributed by atoms with Crippen LogP contribution < -0.4 is 10.6 Å². The lowest BCUT2D eigenvalue weighted by Gasteiger charge is -2.29. The fourth-order valence-electron chi connectivity index (χ4n) is 2.03. The van der Waals surface area contributed by atoms with Gasteiger partial charge < -0.3 is 20.5 Å². The molecule has 3 N–H and O–H groups in total. The number of hydrogen-bond acceptors (Lipinski definition) is 3. The zero-order chi connectivity index (χ0) is 13.8. The van der Waals surface area contributed by atoms with E-state index in [4.69, 9.17) is 9.84 Å². The molecule has 1 aliphatic carbocycles. The summed E-state index contributed by atoms with van der Waals surface area (Å²) >= 11 is 0. The summed E-state index contributed by atoms with van der Waals surface area (Å²) in [6.07, 6.45) is 1.63. The fraction of sp³-hybridized carbons (Fsp3) is 0.833. The second-order valence-corrected chi connectivity index (χ2v) is 5.64. The lowest BCUT2D eigenvalue weighted by molar-refractivity contribution is 0.0489. The van der Waals surface area contributed by atoms with Crippen LogP contribution in [0.1, 0.15) is 46.5 Å². The Morgan fingerprint density at radius 1 is 1.06 bits per heavy atom. The highest BCUT2D eigenvalue weighted by Crippen LogP contribution is 2.19. The maximum atomic E-state index is 11.5. The van der Waals surface area contributed by atoms with Gasteiger partial charge in [0.05, 0.1) is 0 Å². The molecule has 1 rings (SSSR count). The predicted octanol–water partition coefficient (Wildman–Crippen LogP) is 2.09. The molecule has 0 spiro atoms. The first-order valence-electron chi connectivity index (χ1n) is 6.25. The normalized spacial score (nSPS) is 24.2. The molecule has 0 radical (unpaired) electrons. The van der Waals surface area contributed by atoms with Crippen molar-refractivity contribution in [2.75, 3.05) is 0 Å². The minimum Gasteiger partial charge on any atom is -0.465 e. The lowest BCUT2D eigenvalue weighted by atomic mass is 9.91. The van der Waals surface area contributed by atoms with Crippen LogP contribution >= 0.6 is 0 Å². The minimum absolute atomic E-state index is 0.000753.